The highest BCUT2D eigenvalue weighted by Crippen LogP contribution is 2.22. The van der Waals surface area contributed by atoms with Crippen LogP contribution in [0.4, 0.5) is 8.78 Å². The molecule has 0 heterocycles. The van der Waals surface area contributed by atoms with Gasteiger partial charge >= 0.3 is 0 Å². The molecule has 0 aliphatic carbocycles. The maximum absolute atomic E-state index is 13.5. The van der Waals surface area contributed by atoms with Crippen molar-refractivity contribution in [1.82, 2.24) is 0 Å². The first kappa shape index (κ1) is 14.5. The Morgan fingerprint density at radius 1 is 1.41 bits per heavy atom. The van der Waals surface area contributed by atoms with Crippen molar-refractivity contribution < 1.29 is 22.3 Å². The third-order valence-electron chi connectivity index (χ3n) is 2.07. The zero-order valence-electron chi connectivity index (χ0n) is 8.95. The Kier molecular flexibility index (Phi) is 4.62. The van der Waals surface area contributed by atoms with Crippen molar-refractivity contribution in [3.8, 4) is 0 Å². The van der Waals surface area contributed by atoms with Crippen LogP contribution in [0.2, 0.25) is 0 Å². The van der Waals surface area contributed by atoms with Crippen LogP contribution in [-0.2, 0) is 16.3 Å². The fourth-order valence-corrected chi connectivity index (χ4v) is 2.59. The van der Waals surface area contributed by atoms with Crippen LogP contribution in [0.1, 0.15) is 5.56 Å². The van der Waals surface area contributed by atoms with E-state index in [4.69, 9.17) is 0 Å². The fourth-order valence-electron chi connectivity index (χ4n) is 1.40. The van der Waals surface area contributed by atoms with Crippen LogP contribution < -0.4 is 0 Å². The van der Waals surface area contributed by atoms with Gasteiger partial charge in [0.25, 0.3) is 0 Å². The minimum absolute atomic E-state index is 0.0699. The summed E-state index contributed by atoms with van der Waals surface area (Å²) in [5, 5.41) is 9.45. The van der Waals surface area contributed by atoms with Gasteiger partial charge in [-0.05, 0) is 28.1 Å². The maximum Gasteiger partial charge on any atom is 0.150 e. The van der Waals surface area contributed by atoms with E-state index in [-0.39, 0.29) is 16.5 Å². The molecule has 1 aromatic carbocycles. The van der Waals surface area contributed by atoms with Gasteiger partial charge in [-0.25, -0.2) is 17.2 Å². The molecular weight excluding hydrogens is 318 g/mol. The number of aliphatic hydroxyl groups excluding tert-OH is 1. The average molecular weight is 329 g/mol. The molecule has 0 bridgehead atoms. The van der Waals surface area contributed by atoms with Crippen molar-refractivity contribution >= 4 is 25.8 Å². The highest BCUT2D eigenvalue weighted by Gasteiger charge is 2.19. The van der Waals surface area contributed by atoms with E-state index in [2.05, 4.69) is 15.9 Å². The molecule has 17 heavy (non-hydrogen) atoms. The van der Waals surface area contributed by atoms with Crippen LogP contribution in [-0.4, -0.2) is 31.6 Å². The lowest BCUT2D eigenvalue weighted by Gasteiger charge is -2.11. The van der Waals surface area contributed by atoms with Gasteiger partial charge in [-0.15, -0.1) is 0 Å². The Bertz CT molecular complexity index is 517. The van der Waals surface area contributed by atoms with E-state index in [0.29, 0.717) is 0 Å². The molecule has 0 radical (unpaired) electrons. The van der Waals surface area contributed by atoms with E-state index in [1.165, 1.54) is 6.07 Å². The molecule has 0 fully saturated rings. The Hall–Kier alpha value is -0.530. The monoisotopic (exact) mass is 328 g/mol. The molecule has 0 saturated carbocycles. The molecule has 1 rings (SSSR count). The summed E-state index contributed by atoms with van der Waals surface area (Å²) in [7, 11) is -3.39. The summed E-state index contributed by atoms with van der Waals surface area (Å²) in [6.07, 6.45) is -0.767. The SMILES string of the molecule is CS(=O)(=O)CC(O)Cc1c(F)ccc(Br)c1F. The first-order valence-electron chi connectivity index (χ1n) is 4.69. The molecule has 0 aromatic heterocycles. The lowest BCUT2D eigenvalue weighted by atomic mass is 10.1. The number of halogens is 3. The van der Waals surface area contributed by atoms with Crippen LogP contribution >= 0.6 is 15.9 Å². The normalized spacial score (nSPS) is 13.7. The molecule has 0 aliphatic heterocycles. The highest BCUT2D eigenvalue weighted by molar-refractivity contribution is 9.10. The van der Waals surface area contributed by atoms with E-state index in [0.717, 1.165) is 12.3 Å². The summed E-state index contributed by atoms with van der Waals surface area (Å²) in [5.41, 5.74) is -0.324. The standard InChI is InChI=1S/C10H11BrF2O3S/c1-17(15,16)5-6(14)4-7-9(12)3-2-8(11)10(7)13/h2-3,6,14H,4-5H2,1H3. The number of benzene rings is 1. The molecule has 0 aliphatic rings. The zero-order valence-corrected chi connectivity index (χ0v) is 11.4. The number of sulfone groups is 1. The molecule has 1 N–H and O–H groups in total. The van der Waals surface area contributed by atoms with Gasteiger partial charge in [0.15, 0.2) is 0 Å². The molecule has 1 aromatic rings. The molecule has 1 unspecified atom stereocenters. The van der Waals surface area contributed by atoms with E-state index < -0.39 is 33.3 Å². The quantitative estimate of drug-likeness (QED) is 0.855. The minimum atomic E-state index is -3.39. The topological polar surface area (TPSA) is 54.4 Å². The van der Waals surface area contributed by atoms with Crippen LogP contribution in [0, 0.1) is 11.6 Å². The minimum Gasteiger partial charge on any atom is -0.392 e. The van der Waals surface area contributed by atoms with Gasteiger partial charge in [-0.1, -0.05) is 0 Å². The molecule has 0 saturated heterocycles. The van der Waals surface area contributed by atoms with E-state index in [9.17, 15) is 22.3 Å². The van der Waals surface area contributed by atoms with Gasteiger partial charge in [0.05, 0.1) is 16.3 Å². The summed E-state index contributed by atoms with van der Waals surface area (Å²) in [6.45, 7) is 0. The average Bonchev–Trinajstić information content (AvgIpc) is 2.16. The molecule has 3 nitrogen and oxygen atoms in total. The number of hydrogen-bond donors (Lipinski definition) is 1. The summed E-state index contributed by atoms with van der Waals surface area (Å²) in [5.74, 6) is -2.16. The van der Waals surface area contributed by atoms with Crippen LogP contribution in [0.5, 0.6) is 0 Å². The summed E-state index contributed by atoms with van der Waals surface area (Å²) in [6, 6.07) is 2.26. The smallest absolute Gasteiger partial charge is 0.150 e. The first-order valence-corrected chi connectivity index (χ1v) is 7.54. The van der Waals surface area contributed by atoms with Crippen LogP contribution in [0.15, 0.2) is 16.6 Å². The van der Waals surface area contributed by atoms with Crippen molar-refractivity contribution in [3.05, 3.63) is 33.8 Å². The molecule has 7 heteroatoms. The van der Waals surface area contributed by atoms with Gasteiger partial charge in [-0.3, -0.25) is 0 Å². The van der Waals surface area contributed by atoms with Gasteiger partial charge in [0.1, 0.15) is 21.5 Å². The lowest BCUT2D eigenvalue weighted by Crippen LogP contribution is -2.23. The summed E-state index contributed by atoms with van der Waals surface area (Å²) in [4.78, 5) is 0. The van der Waals surface area contributed by atoms with E-state index >= 15 is 0 Å². The third-order valence-corrected chi connectivity index (χ3v) is 3.68. The second-order valence-corrected chi connectivity index (χ2v) is 6.81. The van der Waals surface area contributed by atoms with Crippen LogP contribution in [0.25, 0.3) is 0 Å². The van der Waals surface area contributed by atoms with Crippen molar-refractivity contribution in [2.45, 2.75) is 12.5 Å². The van der Waals surface area contributed by atoms with Crippen molar-refractivity contribution in [2.75, 3.05) is 12.0 Å². The van der Waals surface area contributed by atoms with Gasteiger partial charge in [-0.2, -0.15) is 0 Å². The predicted molar refractivity (Wildman–Crippen MR) is 63.5 cm³/mol. The third kappa shape index (κ3) is 4.33. The van der Waals surface area contributed by atoms with E-state index in [1.54, 1.807) is 0 Å². The van der Waals surface area contributed by atoms with Crippen molar-refractivity contribution in [1.29, 1.82) is 0 Å². The Labute approximate surface area is 107 Å². The van der Waals surface area contributed by atoms with Gasteiger partial charge in [0.2, 0.25) is 0 Å². The lowest BCUT2D eigenvalue weighted by molar-refractivity contribution is 0.195. The largest absolute Gasteiger partial charge is 0.392 e. The Morgan fingerprint density at radius 3 is 2.53 bits per heavy atom. The van der Waals surface area contributed by atoms with Crippen LogP contribution in [0.3, 0.4) is 0 Å². The predicted octanol–water partition coefficient (Wildman–Crippen LogP) is 1.68. The zero-order chi connectivity index (χ0) is 13.2. The maximum atomic E-state index is 13.5. The summed E-state index contributed by atoms with van der Waals surface area (Å²) >= 11 is 2.89. The molecule has 96 valence electrons. The Morgan fingerprint density at radius 2 is 2.00 bits per heavy atom. The molecular formula is C10H11BrF2O3S. The van der Waals surface area contributed by atoms with Crippen molar-refractivity contribution in [3.63, 3.8) is 0 Å². The van der Waals surface area contributed by atoms with E-state index in [1.807, 2.05) is 0 Å². The van der Waals surface area contributed by atoms with Crippen molar-refractivity contribution in [2.24, 2.45) is 0 Å². The Balaban J connectivity index is 2.92. The van der Waals surface area contributed by atoms with Gasteiger partial charge in [0, 0.05) is 18.2 Å². The number of hydrogen-bond acceptors (Lipinski definition) is 3. The fraction of sp³-hybridized carbons (Fsp3) is 0.400. The second-order valence-electron chi connectivity index (χ2n) is 3.77. The molecule has 0 spiro atoms. The number of aliphatic hydroxyl groups is 1. The second kappa shape index (κ2) is 5.41. The first-order chi connectivity index (χ1) is 7.70. The molecule has 1 atom stereocenters. The number of rotatable bonds is 4. The highest BCUT2D eigenvalue weighted by atomic mass is 79.9. The van der Waals surface area contributed by atoms with Gasteiger partial charge < -0.3 is 5.11 Å². The summed E-state index contributed by atoms with van der Waals surface area (Å²) < 4.78 is 48.7. The molecule has 0 amide bonds.